The summed E-state index contributed by atoms with van der Waals surface area (Å²) in [6, 6.07) is -0.538. The quantitative estimate of drug-likeness (QED) is 0.352. The van der Waals surface area contributed by atoms with E-state index in [1.807, 2.05) is 0 Å². The van der Waals surface area contributed by atoms with Gasteiger partial charge in [-0.25, -0.2) is 0 Å². The topological polar surface area (TPSA) is 96.2 Å². The minimum Gasteiger partial charge on any atom is -0.370 e. The van der Waals surface area contributed by atoms with E-state index in [0.29, 0.717) is 13.1 Å². The number of likely N-dealkylation sites (N-methyl/N-ethyl adjacent to an activating group) is 2. The molecule has 0 fully saturated rings. The normalized spacial score (nSPS) is 12.1. The van der Waals surface area contributed by atoms with Crippen LogP contribution in [0.5, 0.6) is 0 Å². The van der Waals surface area contributed by atoms with Crippen molar-refractivity contribution < 1.29 is 9.59 Å². The van der Waals surface area contributed by atoms with E-state index in [4.69, 9.17) is 5.73 Å². The van der Waals surface area contributed by atoms with E-state index < -0.39 is 11.9 Å². The molecule has 0 radical (unpaired) electrons. The van der Waals surface area contributed by atoms with Crippen LogP contribution in [0.25, 0.3) is 0 Å². The zero-order valence-corrected chi connectivity index (χ0v) is 8.59. The van der Waals surface area contributed by atoms with Gasteiger partial charge < -0.3 is 21.7 Å². The van der Waals surface area contributed by atoms with Gasteiger partial charge in [0.1, 0.15) is 0 Å². The fraction of sp³-hybridized carbons (Fsp3) is 0.750. The van der Waals surface area contributed by atoms with Crippen LogP contribution in [0.2, 0.25) is 0 Å². The lowest BCUT2D eigenvalue weighted by Gasteiger charge is -2.13. The molecule has 0 heterocycles. The average molecular weight is 202 g/mol. The predicted molar refractivity (Wildman–Crippen MR) is 53.6 cm³/mol. The molecular formula is C8H18N4O2. The van der Waals surface area contributed by atoms with E-state index in [1.54, 1.807) is 14.1 Å². The summed E-state index contributed by atoms with van der Waals surface area (Å²) in [6.07, 6.45) is 0.0158. The van der Waals surface area contributed by atoms with E-state index in [2.05, 4.69) is 16.0 Å². The lowest BCUT2D eigenvalue weighted by molar-refractivity contribution is -0.127. The van der Waals surface area contributed by atoms with Crippen LogP contribution in [0.15, 0.2) is 0 Å². The highest BCUT2D eigenvalue weighted by Gasteiger charge is 2.17. The maximum absolute atomic E-state index is 11.4. The maximum atomic E-state index is 11.4. The van der Waals surface area contributed by atoms with Gasteiger partial charge in [-0.2, -0.15) is 0 Å². The van der Waals surface area contributed by atoms with Gasteiger partial charge in [-0.05, 0) is 14.1 Å². The van der Waals surface area contributed by atoms with Gasteiger partial charge in [0.15, 0.2) is 0 Å². The van der Waals surface area contributed by atoms with Gasteiger partial charge in [0.05, 0.1) is 12.5 Å². The Hall–Kier alpha value is -1.14. The molecule has 0 spiro atoms. The van der Waals surface area contributed by atoms with Crippen molar-refractivity contribution in [2.75, 3.05) is 27.2 Å². The van der Waals surface area contributed by atoms with Crippen molar-refractivity contribution in [1.29, 1.82) is 0 Å². The standard InChI is InChI=1S/C8H18N4O2/c1-10-3-4-12-8(14)6(11-2)5-7(9)13/h6,10-11H,3-5H2,1-2H3,(H2,9,13)(H,12,14)/t6-/m0/s1. The molecule has 1 atom stereocenters. The zero-order chi connectivity index (χ0) is 11.0. The number of nitrogens with two attached hydrogens (primary N) is 1. The summed E-state index contributed by atoms with van der Waals surface area (Å²) in [5.41, 5.74) is 4.99. The molecular weight excluding hydrogens is 184 g/mol. The molecule has 0 saturated heterocycles. The third-order valence-electron chi connectivity index (χ3n) is 1.74. The molecule has 82 valence electrons. The minimum atomic E-state index is -0.538. The van der Waals surface area contributed by atoms with Crippen LogP contribution in [0.4, 0.5) is 0 Å². The number of amides is 2. The smallest absolute Gasteiger partial charge is 0.237 e. The van der Waals surface area contributed by atoms with Crippen LogP contribution in [0.1, 0.15) is 6.42 Å². The first-order chi connectivity index (χ1) is 6.61. The zero-order valence-electron chi connectivity index (χ0n) is 8.59. The summed E-state index contributed by atoms with van der Waals surface area (Å²) in [7, 11) is 3.41. The fourth-order valence-corrected chi connectivity index (χ4v) is 0.961. The Morgan fingerprint density at radius 2 is 1.93 bits per heavy atom. The second-order valence-corrected chi connectivity index (χ2v) is 2.91. The Morgan fingerprint density at radius 1 is 1.29 bits per heavy atom. The summed E-state index contributed by atoms with van der Waals surface area (Å²) in [6.45, 7) is 1.23. The third kappa shape index (κ3) is 5.50. The first-order valence-corrected chi connectivity index (χ1v) is 4.49. The number of rotatable bonds is 7. The molecule has 0 rings (SSSR count). The molecule has 2 amide bonds. The van der Waals surface area contributed by atoms with Crippen molar-refractivity contribution >= 4 is 11.8 Å². The summed E-state index contributed by atoms with van der Waals surface area (Å²) < 4.78 is 0. The van der Waals surface area contributed by atoms with Crippen LogP contribution < -0.4 is 21.7 Å². The van der Waals surface area contributed by atoms with Crippen LogP contribution in [-0.4, -0.2) is 45.0 Å². The second-order valence-electron chi connectivity index (χ2n) is 2.91. The van der Waals surface area contributed by atoms with Gasteiger partial charge >= 0.3 is 0 Å². The summed E-state index contributed by atoms with van der Waals surface area (Å²) in [4.78, 5) is 22.0. The molecule has 6 nitrogen and oxygen atoms in total. The lowest BCUT2D eigenvalue weighted by atomic mass is 10.2. The molecule has 0 aliphatic carbocycles. The molecule has 0 unspecified atom stereocenters. The number of primary amides is 1. The predicted octanol–water partition coefficient (Wildman–Crippen LogP) is -2.21. The highest BCUT2D eigenvalue weighted by atomic mass is 16.2. The van der Waals surface area contributed by atoms with Crippen molar-refractivity contribution in [3.63, 3.8) is 0 Å². The van der Waals surface area contributed by atoms with Gasteiger partial charge in [-0.3, -0.25) is 9.59 Å². The first-order valence-electron chi connectivity index (χ1n) is 4.49. The van der Waals surface area contributed by atoms with Crippen molar-refractivity contribution in [3.05, 3.63) is 0 Å². The van der Waals surface area contributed by atoms with E-state index >= 15 is 0 Å². The minimum absolute atomic E-state index is 0.0158. The van der Waals surface area contributed by atoms with Crippen molar-refractivity contribution in [3.8, 4) is 0 Å². The number of carbonyl (C=O) groups excluding carboxylic acids is 2. The van der Waals surface area contributed by atoms with E-state index in [9.17, 15) is 9.59 Å². The van der Waals surface area contributed by atoms with E-state index in [0.717, 1.165) is 0 Å². The highest BCUT2D eigenvalue weighted by Crippen LogP contribution is 1.89. The van der Waals surface area contributed by atoms with Crippen molar-refractivity contribution in [1.82, 2.24) is 16.0 Å². The summed E-state index contributed by atoms with van der Waals surface area (Å²) >= 11 is 0. The molecule has 6 heteroatoms. The molecule has 0 aromatic carbocycles. The van der Waals surface area contributed by atoms with Gasteiger partial charge in [-0.15, -0.1) is 0 Å². The number of hydrogen-bond donors (Lipinski definition) is 4. The molecule has 14 heavy (non-hydrogen) atoms. The van der Waals surface area contributed by atoms with Crippen LogP contribution in [0.3, 0.4) is 0 Å². The molecule has 0 aliphatic rings. The molecule has 0 saturated carbocycles. The SMILES string of the molecule is CNCCNC(=O)[C@H](CC(N)=O)NC. The Balaban J connectivity index is 3.85. The van der Waals surface area contributed by atoms with Gasteiger partial charge in [0.25, 0.3) is 0 Å². The molecule has 0 bridgehead atoms. The number of carbonyl (C=O) groups is 2. The van der Waals surface area contributed by atoms with Crippen LogP contribution in [-0.2, 0) is 9.59 Å². The van der Waals surface area contributed by atoms with Crippen molar-refractivity contribution in [2.24, 2.45) is 5.73 Å². The van der Waals surface area contributed by atoms with Gasteiger partial charge in [-0.1, -0.05) is 0 Å². The second kappa shape index (κ2) is 7.28. The Bertz CT molecular complexity index is 196. The van der Waals surface area contributed by atoms with Gasteiger partial charge in [0.2, 0.25) is 11.8 Å². The largest absolute Gasteiger partial charge is 0.370 e. The van der Waals surface area contributed by atoms with Gasteiger partial charge in [0, 0.05) is 13.1 Å². The fourth-order valence-electron chi connectivity index (χ4n) is 0.961. The van der Waals surface area contributed by atoms with Crippen LogP contribution in [0, 0.1) is 0 Å². The first kappa shape index (κ1) is 12.9. The number of nitrogens with one attached hydrogen (secondary N) is 3. The molecule has 5 N–H and O–H groups in total. The van der Waals surface area contributed by atoms with Crippen molar-refractivity contribution in [2.45, 2.75) is 12.5 Å². The van der Waals surface area contributed by atoms with E-state index in [-0.39, 0.29) is 12.3 Å². The summed E-state index contributed by atoms with van der Waals surface area (Å²) in [5, 5.41) is 8.29. The lowest BCUT2D eigenvalue weighted by Crippen LogP contribution is -2.46. The number of hydrogen-bond acceptors (Lipinski definition) is 4. The highest BCUT2D eigenvalue weighted by molar-refractivity contribution is 5.87. The Morgan fingerprint density at radius 3 is 2.36 bits per heavy atom. The summed E-state index contributed by atoms with van der Waals surface area (Å²) in [5.74, 6) is -0.699. The van der Waals surface area contributed by atoms with Crippen LogP contribution >= 0.6 is 0 Å². The Kier molecular flexibility index (Phi) is 6.69. The Labute approximate surface area is 83.6 Å². The van der Waals surface area contributed by atoms with E-state index in [1.165, 1.54) is 0 Å². The molecule has 0 aromatic heterocycles. The monoisotopic (exact) mass is 202 g/mol. The third-order valence-corrected chi connectivity index (χ3v) is 1.74. The molecule has 0 aromatic rings. The average Bonchev–Trinajstić information content (AvgIpc) is 2.14. The maximum Gasteiger partial charge on any atom is 0.237 e. The molecule has 0 aliphatic heterocycles.